The molecule has 0 spiro atoms. The van der Waals surface area contributed by atoms with Gasteiger partial charge in [0, 0.05) is 11.1 Å². The van der Waals surface area contributed by atoms with Gasteiger partial charge in [-0.25, -0.2) is 0 Å². The van der Waals surface area contributed by atoms with Crippen LogP contribution in [0.1, 0.15) is 13.9 Å². The molecule has 0 radical (unpaired) electrons. The summed E-state index contributed by atoms with van der Waals surface area (Å²) in [7, 11) is -3.72. The molecule has 0 bridgehead atoms. The first-order valence-electron chi connectivity index (χ1n) is 6.02. The van der Waals surface area contributed by atoms with E-state index in [1.807, 2.05) is 0 Å². The highest BCUT2D eigenvalue weighted by Gasteiger charge is 2.28. The second kappa shape index (κ2) is 3.53. The molecule has 0 N–H and O–H groups in total. The third-order valence-electron chi connectivity index (χ3n) is 2.52. The maximum absolute atomic E-state index is 11.9. The molecule has 1 aliphatic heterocycles. The maximum Gasteiger partial charge on any atom is 0.283 e. The Hall–Kier alpha value is -1.94. The van der Waals surface area contributed by atoms with Crippen molar-refractivity contribution in [3.8, 4) is 0 Å². The molecule has 0 saturated heterocycles. The lowest BCUT2D eigenvalue weighted by Crippen LogP contribution is -1.99. The quantitative estimate of drug-likeness (QED) is 0.773. The summed E-state index contributed by atoms with van der Waals surface area (Å²) in [6.07, 6.45) is 0. The molecule has 0 atom stereocenters. The van der Waals surface area contributed by atoms with Crippen LogP contribution in [0.25, 0.3) is 0 Å². The standard InChI is InChI=1S/C13H9NO2S/c15-17(16)12-9-5-4-8-11(12)13(14-17)10-6-2-1-3-7-10/h1-9H/i6D,7D. The molecular weight excluding hydrogens is 234 g/mol. The minimum Gasteiger partial charge on any atom is -0.199 e. The van der Waals surface area contributed by atoms with Crippen molar-refractivity contribution in [2.75, 3.05) is 0 Å². The van der Waals surface area contributed by atoms with Gasteiger partial charge in [0.2, 0.25) is 0 Å². The van der Waals surface area contributed by atoms with Gasteiger partial charge in [0.25, 0.3) is 10.0 Å². The van der Waals surface area contributed by atoms with Crippen molar-refractivity contribution >= 4 is 15.7 Å². The monoisotopic (exact) mass is 245 g/mol. The summed E-state index contributed by atoms with van der Waals surface area (Å²) in [4.78, 5) is 0.132. The van der Waals surface area contributed by atoms with Crippen LogP contribution in [-0.2, 0) is 10.0 Å². The van der Waals surface area contributed by atoms with Crippen molar-refractivity contribution in [1.29, 1.82) is 0 Å². The molecule has 0 aliphatic carbocycles. The average molecular weight is 245 g/mol. The smallest absolute Gasteiger partial charge is 0.199 e. The van der Waals surface area contributed by atoms with Crippen molar-refractivity contribution < 1.29 is 11.2 Å². The van der Waals surface area contributed by atoms with Crippen LogP contribution in [0.3, 0.4) is 0 Å². The first kappa shape index (κ1) is 8.20. The fourth-order valence-electron chi connectivity index (χ4n) is 1.78. The van der Waals surface area contributed by atoms with Crippen LogP contribution in [0.2, 0.25) is 0 Å². The van der Waals surface area contributed by atoms with Crippen LogP contribution in [-0.4, -0.2) is 14.1 Å². The van der Waals surface area contributed by atoms with Gasteiger partial charge in [0.05, 0.1) is 13.3 Å². The fourth-order valence-corrected chi connectivity index (χ4v) is 3.00. The van der Waals surface area contributed by atoms with Gasteiger partial charge >= 0.3 is 0 Å². The van der Waals surface area contributed by atoms with Crippen molar-refractivity contribution in [2.45, 2.75) is 4.90 Å². The minimum absolute atomic E-state index is 0.0955. The Labute approximate surface area is 102 Å². The number of hydrogen-bond donors (Lipinski definition) is 0. The molecule has 0 amide bonds. The molecule has 1 heterocycles. The van der Waals surface area contributed by atoms with Crippen LogP contribution >= 0.6 is 0 Å². The number of rotatable bonds is 1. The second-order valence-corrected chi connectivity index (χ2v) is 5.17. The highest BCUT2D eigenvalue weighted by Crippen LogP contribution is 2.28. The number of hydrogen-bond acceptors (Lipinski definition) is 2. The van der Waals surface area contributed by atoms with Gasteiger partial charge in [-0.05, 0) is 6.07 Å². The molecule has 84 valence electrons. The number of fused-ring (bicyclic) bond motifs is 1. The summed E-state index contributed by atoms with van der Waals surface area (Å²) in [5.74, 6) is 0. The summed E-state index contributed by atoms with van der Waals surface area (Å²) in [5.41, 5.74) is 0.887. The molecule has 3 rings (SSSR count). The normalized spacial score (nSPS) is 18.0. The van der Waals surface area contributed by atoms with Crippen LogP contribution in [0.5, 0.6) is 0 Å². The molecule has 2 aromatic carbocycles. The van der Waals surface area contributed by atoms with E-state index < -0.39 is 10.0 Å². The molecule has 0 unspecified atom stereocenters. The lowest BCUT2D eigenvalue weighted by molar-refractivity contribution is 0.599. The summed E-state index contributed by atoms with van der Waals surface area (Å²) < 4.78 is 43.3. The predicted molar refractivity (Wildman–Crippen MR) is 65.7 cm³/mol. The van der Waals surface area contributed by atoms with E-state index in [1.54, 1.807) is 24.3 Å². The topological polar surface area (TPSA) is 46.5 Å². The molecule has 0 aromatic heterocycles. The lowest BCUT2D eigenvalue weighted by Gasteiger charge is -2.00. The molecular formula is C13H9NO2S. The van der Waals surface area contributed by atoms with E-state index >= 15 is 0 Å². The second-order valence-electron chi connectivity index (χ2n) is 3.60. The SMILES string of the molecule is [2H]c1cccc([2H])c1C1=NS(=O)(=O)c2ccccc21. The molecule has 0 fully saturated rings. The van der Waals surface area contributed by atoms with Gasteiger partial charge in [-0.2, -0.15) is 12.8 Å². The Morgan fingerprint density at radius 3 is 2.47 bits per heavy atom. The average Bonchev–Trinajstić information content (AvgIpc) is 2.62. The van der Waals surface area contributed by atoms with E-state index in [2.05, 4.69) is 4.40 Å². The van der Waals surface area contributed by atoms with Crippen molar-refractivity contribution in [3.05, 3.63) is 65.7 Å². The fraction of sp³-hybridized carbons (Fsp3) is 0. The van der Waals surface area contributed by atoms with Crippen LogP contribution < -0.4 is 0 Å². The summed E-state index contributed by atoms with van der Waals surface area (Å²) in [6, 6.07) is 11.3. The summed E-state index contributed by atoms with van der Waals surface area (Å²) >= 11 is 0. The molecule has 4 heteroatoms. The van der Waals surface area contributed by atoms with E-state index in [-0.39, 0.29) is 28.3 Å². The van der Waals surface area contributed by atoms with E-state index in [0.29, 0.717) is 5.56 Å². The van der Waals surface area contributed by atoms with E-state index in [9.17, 15) is 8.42 Å². The third kappa shape index (κ3) is 1.57. The first-order chi connectivity index (χ1) is 9.00. The largest absolute Gasteiger partial charge is 0.283 e. The molecule has 1 aliphatic rings. The first-order valence-corrected chi connectivity index (χ1v) is 6.46. The van der Waals surface area contributed by atoms with Gasteiger partial charge in [-0.1, -0.05) is 48.5 Å². The van der Waals surface area contributed by atoms with Crippen LogP contribution in [0, 0.1) is 0 Å². The summed E-state index contributed by atoms with van der Waals surface area (Å²) in [5, 5.41) is 0. The Kier molecular flexibility index (Phi) is 1.70. The molecule has 2 aromatic rings. The van der Waals surface area contributed by atoms with Crippen molar-refractivity contribution in [2.24, 2.45) is 4.40 Å². The van der Waals surface area contributed by atoms with Gasteiger partial charge in [0.15, 0.2) is 0 Å². The maximum atomic E-state index is 11.9. The van der Waals surface area contributed by atoms with Crippen molar-refractivity contribution in [3.63, 3.8) is 0 Å². The van der Waals surface area contributed by atoms with Gasteiger partial charge in [-0.15, -0.1) is 0 Å². The van der Waals surface area contributed by atoms with Crippen LogP contribution in [0.15, 0.2) is 63.8 Å². The highest BCUT2D eigenvalue weighted by atomic mass is 32.2. The van der Waals surface area contributed by atoms with Gasteiger partial charge in [0.1, 0.15) is 0 Å². The highest BCUT2D eigenvalue weighted by molar-refractivity contribution is 7.90. The predicted octanol–water partition coefficient (Wildman–Crippen LogP) is 2.23. The zero-order valence-corrected chi connectivity index (χ0v) is 9.53. The van der Waals surface area contributed by atoms with E-state index in [0.717, 1.165) is 0 Å². The Bertz CT molecular complexity index is 793. The Morgan fingerprint density at radius 1 is 1.00 bits per heavy atom. The van der Waals surface area contributed by atoms with Crippen LogP contribution in [0.4, 0.5) is 0 Å². The molecule has 0 saturated carbocycles. The number of sulfonamides is 1. The molecule has 17 heavy (non-hydrogen) atoms. The van der Waals surface area contributed by atoms with Gasteiger partial charge in [-0.3, -0.25) is 0 Å². The zero-order valence-electron chi connectivity index (χ0n) is 10.7. The van der Waals surface area contributed by atoms with E-state index in [1.165, 1.54) is 18.2 Å². The van der Waals surface area contributed by atoms with Gasteiger partial charge < -0.3 is 0 Å². The lowest BCUT2D eigenvalue weighted by atomic mass is 10.0. The zero-order chi connectivity index (χ0) is 13.6. The Balaban J connectivity index is 2.35. The number of benzene rings is 2. The third-order valence-corrected chi connectivity index (χ3v) is 3.85. The Morgan fingerprint density at radius 2 is 1.71 bits per heavy atom. The summed E-state index contributed by atoms with van der Waals surface area (Å²) in [6.45, 7) is 0. The number of nitrogens with zero attached hydrogens (tertiary/aromatic N) is 1. The van der Waals surface area contributed by atoms with E-state index in [4.69, 9.17) is 2.74 Å². The molecule has 3 nitrogen and oxygen atoms in total. The van der Waals surface area contributed by atoms with Crippen molar-refractivity contribution in [1.82, 2.24) is 0 Å². The minimum atomic E-state index is -3.72.